The van der Waals surface area contributed by atoms with Crippen LogP contribution in [0.3, 0.4) is 0 Å². The molecule has 0 atom stereocenters. The third-order valence-corrected chi connectivity index (χ3v) is 3.55. The lowest BCUT2D eigenvalue weighted by molar-refractivity contribution is 0.834. The van der Waals surface area contributed by atoms with Gasteiger partial charge in [0.1, 0.15) is 0 Å². The molecular weight excluding hydrogens is 220 g/mol. The van der Waals surface area contributed by atoms with Crippen LogP contribution in [0.5, 0.6) is 0 Å². The Morgan fingerprint density at radius 2 is 1.65 bits per heavy atom. The lowest BCUT2D eigenvalue weighted by atomic mass is 10.0. The van der Waals surface area contributed by atoms with Crippen LogP contribution in [-0.2, 0) is 0 Å². The van der Waals surface area contributed by atoms with Crippen molar-refractivity contribution in [1.29, 1.82) is 0 Å². The molecule has 0 bridgehead atoms. The molecule has 0 aliphatic heterocycles. The summed E-state index contributed by atoms with van der Waals surface area (Å²) >= 11 is 0. The van der Waals surface area contributed by atoms with Gasteiger partial charge in [0.2, 0.25) is 0 Å². The summed E-state index contributed by atoms with van der Waals surface area (Å²) in [5.41, 5.74) is 5.08. The van der Waals surface area contributed by atoms with Crippen molar-refractivity contribution in [2.75, 3.05) is 0 Å². The summed E-state index contributed by atoms with van der Waals surface area (Å²) in [6, 6.07) is 10.6. The van der Waals surface area contributed by atoms with E-state index in [1.54, 1.807) is 0 Å². The molecule has 0 aromatic heterocycles. The van der Waals surface area contributed by atoms with Crippen LogP contribution < -0.4 is 0 Å². The zero-order chi connectivity index (χ0) is 12.9. The van der Waals surface area contributed by atoms with Crippen LogP contribution in [0.2, 0.25) is 19.6 Å². The van der Waals surface area contributed by atoms with E-state index in [4.69, 9.17) is 0 Å². The Kier molecular flexibility index (Phi) is 4.95. The zero-order valence-corrected chi connectivity index (χ0v) is 12.7. The molecule has 0 unspecified atom stereocenters. The Bertz CT molecular complexity index is 391. The van der Waals surface area contributed by atoms with Gasteiger partial charge in [-0.25, -0.2) is 0 Å². The monoisotopic (exact) mass is 244 g/mol. The van der Waals surface area contributed by atoms with Gasteiger partial charge in [-0.1, -0.05) is 81.7 Å². The third kappa shape index (κ3) is 5.69. The molecule has 0 aliphatic carbocycles. The summed E-state index contributed by atoms with van der Waals surface area (Å²) < 4.78 is 0. The minimum absolute atomic E-state index is 0.580. The highest BCUT2D eigenvalue weighted by Crippen LogP contribution is 2.19. The second-order valence-electron chi connectivity index (χ2n) is 5.93. The van der Waals surface area contributed by atoms with E-state index >= 15 is 0 Å². The highest BCUT2D eigenvalue weighted by Gasteiger charge is 2.08. The summed E-state index contributed by atoms with van der Waals surface area (Å²) in [6.07, 6.45) is 4.65. The maximum absolute atomic E-state index is 2.41. The van der Waals surface area contributed by atoms with Gasteiger partial charge < -0.3 is 0 Å². The van der Waals surface area contributed by atoms with Crippen molar-refractivity contribution in [1.82, 2.24) is 0 Å². The topological polar surface area (TPSA) is 0 Å². The molecule has 0 saturated carbocycles. The van der Waals surface area contributed by atoms with Gasteiger partial charge in [-0.3, -0.25) is 0 Å². The number of hydrogen-bond acceptors (Lipinski definition) is 0. The average Bonchev–Trinajstić information content (AvgIpc) is 2.24. The van der Waals surface area contributed by atoms with E-state index in [2.05, 4.69) is 81.7 Å². The van der Waals surface area contributed by atoms with Crippen molar-refractivity contribution in [3.8, 4) is 0 Å². The zero-order valence-electron chi connectivity index (χ0n) is 11.7. The van der Waals surface area contributed by atoms with Gasteiger partial charge in [0.15, 0.2) is 0 Å². The van der Waals surface area contributed by atoms with E-state index < -0.39 is 8.07 Å². The SMILES string of the molecule is CC(C)C=C(C=C[Si](C)(C)C)c1ccccc1. The minimum Gasteiger partial charge on any atom is -0.0944 e. The summed E-state index contributed by atoms with van der Waals surface area (Å²) in [5, 5.41) is 0. The normalized spacial score (nSPS) is 13.6. The van der Waals surface area contributed by atoms with Crippen molar-refractivity contribution in [2.45, 2.75) is 33.5 Å². The molecule has 0 aliphatic rings. The molecule has 1 aromatic rings. The molecule has 0 saturated heterocycles. The maximum Gasteiger partial charge on any atom is 0.0687 e. The summed E-state index contributed by atoms with van der Waals surface area (Å²) in [6.45, 7) is 11.5. The van der Waals surface area contributed by atoms with Gasteiger partial charge in [0.25, 0.3) is 0 Å². The largest absolute Gasteiger partial charge is 0.0944 e. The summed E-state index contributed by atoms with van der Waals surface area (Å²) in [7, 11) is -1.13. The van der Waals surface area contributed by atoms with Gasteiger partial charge in [-0.2, -0.15) is 0 Å². The van der Waals surface area contributed by atoms with Gasteiger partial charge in [0, 0.05) is 0 Å². The van der Waals surface area contributed by atoms with E-state index in [0.29, 0.717) is 5.92 Å². The fourth-order valence-corrected chi connectivity index (χ4v) is 2.26. The highest BCUT2D eigenvalue weighted by molar-refractivity contribution is 6.81. The van der Waals surface area contributed by atoms with Crippen molar-refractivity contribution < 1.29 is 0 Å². The van der Waals surface area contributed by atoms with E-state index in [9.17, 15) is 0 Å². The Morgan fingerprint density at radius 3 is 2.12 bits per heavy atom. The number of hydrogen-bond donors (Lipinski definition) is 0. The predicted molar refractivity (Wildman–Crippen MR) is 81.7 cm³/mol. The van der Waals surface area contributed by atoms with E-state index in [-0.39, 0.29) is 0 Å². The second-order valence-corrected chi connectivity index (χ2v) is 11.0. The molecule has 0 N–H and O–H groups in total. The molecule has 0 radical (unpaired) electrons. The molecule has 1 heteroatoms. The van der Waals surface area contributed by atoms with Crippen LogP contribution in [-0.4, -0.2) is 8.07 Å². The standard InChI is InChI=1S/C16H24Si/c1-14(2)13-16(11-12-17(3,4)5)15-9-7-6-8-10-15/h6-14H,1-5H3. The lowest BCUT2D eigenvalue weighted by Gasteiger charge is -2.11. The fraction of sp³-hybridized carbons (Fsp3) is 0.375. The number of allylic oxidation sites excluding steroid dienone is 3. The quantitative estimate of drug-likeness (QED) is 0.507. The molecular formula is C16H24Si. The molecule has 17 heavy (non-hydrogen) atoms. The van der Waals surface area contributed by atoms with Crippen molar-refractivity contribution in [3.05, 3.63) is 53.7 Å². The lowest BCUT2D eigenvalue weighted by Crippen LogP contribution is -2.15. The first kappa shape index (κ1) is 14.0. The van der Waals surface area contributed by atoms with E-state index in [1.807, 2.05) is 0 Å². The van der Waals surface area contributed by atoms with Crippen molar-refractivity contribution in [3.63, 3.8) is 0 Å². The molecule has 1 rings (SSSR count). The Morgan fingerprint density at radius 1 is 1.06 bits per heavy atom. The van der Waals surface area contributed by atoms with Crippen LogP contribution in [0.1, 0.15) is 19.4 Å². The number of benzene rings is 1. The highest BCUT2D eigenvalue weighted by atomic mass is 28.3. The number of rotatable bonds is 4. The van der Waals surface area contributed by atoms with Crippen molar-refractivity contribution >= 4 is 13.6 Å². The predicted octanol–water partition coefficient (Wildman–Crippen LogP) is 5.16. The fourth-order valence-electron chi connectivity index (χ4n) is 1.58. The van der Waals surface area contributed by atoms with E-state index in [0.717, 1.165) is 0 Å². The molecule has 0 fully saturated rings. The van der Waals surface area contributed by atoms with Gasteiger partial charge in [-0.05, 0) is 17.1 Å². The molecule has 1 aromatic carbocycles. The smallest absolute Gasteiger partial charge is 0.0687 e. The molecule has 0 spiro atoms. The molecule has 0 nitrogen and oxygen atoms in total. The van der Waals surface area contributed by atoms with E-state index in [1.165, 1.54) is 11.1 Å². The minimum atomic E-state index is -1.13. The Hall–Kier alpha value is -1.08. The van der Waals surface area contributed by atoms with Crippen molar-refractivity contribution in [2.24, 2.45) is 5.92 Å². The molecule has 92 valence electrons. The summed E-state index contributed by atoms with van der Waals surface area (Å²) in [4.78, 5) is 0. The van der Waals surface area contributed by atoms with Gasteiger partial charge in [-0.15, -0.1) is 0 Å². The van der Waals surface area contributed by atoms with Gasteiger partial charge >= 0.3 is 0 Å². The van der Waals surface area contributed by atoms with Crippen LogP contribution in [0, 0.1) is 5.92 Å². The van der Waals surface area contributed by atoms with Crippen LogP contribution in [0.15, 0.2) is 48.2 Å². The maximum atomic E-state index is 2.41. The average molecular weight is 244 g/mol. The summed E-state index contributed by atoms with van der Waals surface area (Å²) in [5.74, 6) is 0.580. The first-order valence-electron chi connectivity index (χ1n) is 6.35. The van der Waals surface area contributed by atoms with Crippen LogP contribution in [0.4, 0.5) is 0 Å². The Balaban J connectivity index is 3.03. The van der Waals surface area contributed by atoms with Crippen LogP contribution >= 0.6 is 0 Å². The first-order chi connectivity index (χ1) is 7.88. The Labute approximate surface area is 107 Å². The molecule has 0 heterocycles. The second kappa shape index (κ2) is 6.01. The van der Waals surface area contributed by atoms with Crippen LogP contribution in [0.25, 0.3) is 5.57 Å². The molecule has 0 amide bonds. The van der Waals surface area contributed by atoms with Gasteiger partial charge in [0.05, 0.1) is 8.07 Å². The third-order valence-electron chi connectivity index (χ3n) is 2.38. The first-order valence-corrected chi connectivity index (χ1v) is 9.93.